The van der Waals surface area contributed by atoms with Crippen molar-refractivity contribution >= 4 is 46.3 Å². The second-order valence-electron chi connectivity index (χ2n) is 6.54. The van der Waals surface area contributed by atoms with Gasteiger partial charge in [-0.3, -0.25) is 10.1 Å². The number of anilines is 1. The van der Waals surface area contributed by atoms with E-state index >= 15 is 0 Å². The third-order valence-corrected chi connectivity index (χ3v) is 5.12. The largest absolute Gasteiger partial charge is 0.491 e. The van der Waals surface area contributed by atoms with Crippen LogP contribution >= 0.6 is 28.6 Å². The Kier molecular flexibility index (Phi) is 11.4. The average molecular weight is 528 g/mol. The van der Waals surface area contributed by atoms with E-state index in [0.29, 0.717) is 23.4 Å². The summed E-state index contributed by atoms with van der Waals surface area (Å²) in [5.74, 6) is 0.0965. The highest BCUT2D eigenvalue weighted by Gasteiger charge is 2.28. The molecule has 0 aliphatic rings. The van der Waals surface area contributed by atoms with Gasteiger partial charge in [0.1, 0.15) is 18.5 Å². The molecule has 174 valence electrons. The van der Waals surface area contributed by atoms with Crippen LogP contribution in [0.2, 0.25) is 0 Å². The summed E-state index contributed by atoms with van der Waals surface area (Å²) >= 11 is 7.23. The second kappa shape index (κ2) is 14.0. The highest BCUT2D eigenvalue weighted by Crippen LogP contribution is 2.28. The maximum Gasteiger partial charge on any atom is 0.412 e. The number of amides is 1. The van der Waals surface area contributed by atoms with E-state index in [1.165, 1.54) is 7.11 Å². The molecule has 10 heteroatoms. The number of methoxy groups -OCH3 is 1. The summed E-state index contributed by atoms with van der Waals surface area (Å²) in [6, 6.07) is 14.0. The Morgan fingerprint density at radius 2 is 1.78 bits per heavy atom. The van der Waals surface area contributed by atoms with Gasteiger partial charge in [-0.1, -0.05) is 28.1 Å². The Balaban J connectivity index is 2.15. The van der Waals surface area contributed by atoms with Gasteiger partial charge in [-0.25, -0.2) is 4.79 Å². The van der Waals surface area contributed by atoms with E-state index in [2.05, 4.69) is 33.9 Å². The quantitative estimate of drug-likeness (QED) is 0.283. The molecule has 0 spiro atoms. The van der Waals surface area contributed by atoms with Crippen LogP contribution in [0.3, 0.4) is 0 Å². The monoisotopic (exact) mass is 527 g/mol. The Bertz CT molecular complexity index is 848. The maximum atomic E-state index is 12.6. The van der Waals surface area contributed by atoms with E-state index in [4.69, 9.17) is 24.1 Å². The van der Waals surface area contributed by atoms with Gasteiger partial charge in [0.15, 0.2) is 6.10 Å². The van der Waals surface area contributed by atoms with Gasteiger partial charge in [-0.05, 0) is 42.0 Å². The van der Waals surface area contributed by atoms with Gasteiger partial charge in [0, 0.05) is 23.7 Å². The molecule has 0 radical (unpaired) electrons. The van der Waals surface area contributed by atoms with Crippen LogP contribution in [-0.2, 0) is 19.0 Å². The Labute approximate surface area is 200 Å². The second-order valence-corrected chi connectivity index (χ2v) is 7.77. The first kappa shape index (κ1) is 26.0. The number of nitrogens with one attached hydrogen (secondary N) is 1. The van der Waals surface area contributed by atoms with Crippen LogP contribution < -0.4 is 10.1 Å². The smallest absolute Gasteiger partial charge is 0.412 e. The zero-order valence-corrected chi connectivity index (χ0v) is 20.0. The molecule has 0 heterocycles. The van der Waals surface area contributed by atoms with Crippen LogP contribution in [0, 0.1) is 0 Å². The fourth-order valence-electron chi connectivity index (χ4n) is 2.80. The van der Waals surface area contributed by atoms with Crippen molar-refractivity contribution < 1.29 is 33.6 Å². The lowest BCUT2D eigenvalue weighted by atomic mass is 10.0. The summed E-state index contributed by atoms with van der Waals surface area (Å²) in [4.78, 5) is 24.0. The maximum absolute atomic E-state index is 12.6. The van der Waals surface area contributed by atoms with E-state index in [1.807, 2.05) is 0 Å². The van der Waals surface area contributed by atoms with Crippen molar-refractivity contribution in [3.8, 4) is 5.75 Å². The van der Waals surface area contributed by atoms with E-state index in [9.17, 15) is 9.59 Å². The Hall–Kier alpha value is -2.27. The zero-order chi connectivity index (χ0) is 23.3. The fraction of sp³-hybridized carbons (Fsp3) is 0.364. The number of hydrogen-bond acceptors (Lipinski definition) is 8. The van der Waals surface area contributed by atoms with Gasteiger partial charge >= 0.3 is 12.1 Å². The van der Waals surface area contributed by atoms with Crippen molar-refractivity contribution in [2.24, 2.45) is 0 Å². The zero-order valence-electron chi connectivity index (χ0n) is 17.5. The third-order valence-electron chi connectivity index (χ3n) is 4.33. The van der Waals surface area contributed by atoms with Crippen LogP contribution in [0.5, 0.6) is 5.75 Å². The first-order valence-corrected chi connectivity index (χ1v) is 11.3. The summed E-state index contributed by atoms with van der Waals surface area (Å²) < 4.78 is 22.6. The number of esters is 1. The van der Waals surface area contributed by atoms with Gasteiger partial charge in [0.05, 0.1) is 19.0 Å². The molecule has 0 saturated heterocycles. The van der Waals surface area contributed by atoms with Gasteiger partial charge in [0.25, 0.3) is 0 Å². The van der Waals surface area contributed by atoms with E-state index in [1.54, 1.807) is 48.5 Å². The molecule has 2 aromatic carbocycles. The topological polar surface area (TPSA) is 103 Å². The van der Waals surface area contributed by atoms with Crippen LogP contribution in [0.25, 0.3) is 0 Å². The van der Waals surface area contributed by atoms with E-state index < -0.39 is 24.3 Å². The lowest BCUT2D eigenvalue weighted by Gasteiger charge is -2.26. The van der Waals surface area contributed by atoms with Gasteiger partial charge < -0.3 is 24.1 Å². The number of benzene rings is 2. The van der Waals surface area contributed by atoms with Crippen LogP contribution in [0.4, 0.5) is 10.5 Å². The summed E-state index contributed by atoms with van der Waals surface area (Å²) in [7, 11) is 1.49. The number of hydrogen-bond donors (Lipinski definition) is 3. The van der Waals surface area contributed by atoms with Crippen LogP contribution in [0.15, 0.2) is 53.0 Å². The number of aliphatic hydroxyl groups is 1. The predicted molar refractivity (Wildman–Crippen MR) is 126 cm³/mol. The number of rotatable bonds is 12. The third kappa shape index (κ3) is 8.70. The Morgan fingerprint density at radius 1 is 1.09 bits per heavy atom. The standard InChI is InChI=1S/C22H26BrNO7S/c1-28-19(10-12-30-20(26)14-32)21(15-2-8-18(9-3-15)29-13-11-25)31-22(27)24-17-6-4-16(23)5-7-17/h2-9,19,21,25,32H,10-14H2,1H3,(H,24,27)/t19-,21-/m0/s1. The van der Waals surface area contributed by atoms with Crippen LogP contribution in [0.1, 0.15) is 18.1 Å². The molecule has 0 bridgehead atoms. The molecular formula is C22H26BrNO7S. The molecule has 0 unspecified atom stereocenters. The summed E-state index contributed by atoms with van der Waals surface area (Å²) in [6.07, 6.45) is -1.72. The number of aliphatic hydroxyl groups excluding tert-OH is 1. The first-order valence-electron chi connectivity index (χ1n) is 9.83. The highest BCUT2D eigenvalue weighted by molar-refractivity contribution is 9.10. The van der Waals surface area contributed by atoms with Crippen molar-refractivity contribution in [2.45, 2.75) is 18.6 Å². The number of ether oxygens (including phenoxy) is 4. The molecule has 0 fully saturated rings. The normalized spacial score (nSPS) is 12.5. The van der Waals surface area contributed by atoms with Crippen molar-refractivity contribution in [1.82, 2.24) is 0 Å². The molecule has 2 rings (SSSR count). The SMILES string of the molecule is CO[C@@H](CCOC(=O)CS)[C@@H](OC(=O)Nc1ccc(Br)cc1)c1ccc(OCCO)cc1. The summed E-state index contributed by atoms with van der Waals surface area (Å²) in [5.41, 5.74) is 1.24. The molecule has 8 nitrogen and oxygen atoms in total. The van der Waals surface area contributed by atoms with Crippen molar-refractivity contribution in [3.63, 3.8) is 0 Å². The van der Waals surface area contributed by atoms with Gasteiger partial charge in [0.2, 0.25) is 0 Å². The fourth-order valence-corrected chi connectivity index (χ4v) is 3.15. The number of carbonyl (C=O) groups excluding carboxylic acids is 2. The molecule has 1 amide bonds. The van der Waals surface area contributed by atoms with Crippen molar-refractivity contribution in [3.05, 3.63) is 58.6 Å². The van der Waals surface area contributed by atoms with Gasteiger partial charge in [-0.15, -0.1) is 0 Å². The highest BCUT2D eigenvalue weighted by atomic mass is 79.9. The summed E-state index contributed by atoms with van der Waals surface area (Å²) in [5, 5.41) is 11.6. The first-order chi connectivity index (χ1) is 15.5. The predicted octanol–water partition coefficient (Wildman–Crippen LogP) is 3.99. The molecule has 0 aromatic heterocycles. The van der Waals surface area contributed by atoms with Gasteiger partial charge in [-0.2, -0.15) is 12.6 Å². The van der Waals surface area contributed by atoms with Crippen LogP contribution in [-0.4, -0.2) is 56.0 Å². The molecule has 2 N–H and O–H groups in total. The molecule has 2 atom stereocenters. The van der Waals surface area contributed by atoms with E-state index in [0.717, 1.165) is 4.47 Å². The number of thiol groups is 1. The lowest BCUT2D eigenvalue weighted by molar-refractivity contribution is -0.141. The minimum atomic E-state index is -0.781. The van der Waals surface area contributed by atoms with E-state index in [-0.39, 0.29) is 25.6 Å². The molecule has 2 aromatic rings. The number of halogens is 1. The Morgan fingerprint density at radius 3 is 2.38 bits per heavy atom. The minimum absolute atomic E-state index is 0.0253. The number of carbonyl (C=O) groups is 2. The van der Waals surface area contributed by atoms with Crippen molar-refractivity contribution in [1.29, 1.82) is 0 Å². The lowest BCUT2D eigenvalue weighted by Crippen LogP contribution is -2.29. The summed E-state index contributed by atoms with van der Waals surface area (Å²) in [6.45, 7) is 0.163. The molecular weight excluding hydrogens is 502 g/mol. The molecule has 32 heavy (non-hydrogen) atoms. The van der Waals surface area contributed by atoms with Crippen molar-refractivity contribution in [2.75, 3.05) is 38.0 Å². The average Bonchev–Trinajstić information content (AvgIpc) is 2.81. The molecule has 0 aliphatic heterocycles. The minimum Gasteiger partial charge on any atom is -0.491 e. The molecule has 0 aliphatic carbocycles. The molecule has 0 saturated carbocycles.